The highest BCUT2D eigenvalue weighted by molar-refractivity contribution is 7.19. The van der Waals surface area contributed by atoms with E-state index in [0.29, 0.717) is 5.06 Å². The molecule has 5 heteroatoms. The molecule has 92 valence electrons. The number of hydrogen-bond donors (Lipinski definition) is 2. The summed E-state index contributed by atoms with van der Waals surface area (Å²) < 4.78 is 1.13. The SMILES string of the molecule is C.CC(c1cc2ccccc2s1)N(O)C(N)=O. The first-order chi connectivity index (χ1) is 7.59. The molecule has 0 aliphatic rings. The van der Waals surface area contributed by atoms with Gasteiger partial charge in [0.2, 0.25) is 0 Å². The maximum Gasteiger partial charge on any atom is 0.339 e. The molecule has 1 unspecified atom stereocenters. The number of primary amides is 1. The van der Waals surface area contributed by atoms with Crippen molar-refractivity contribution >= 4 is 27.5 Å². The maximum atomic E-state index is 10.8. The number of thiophene rings is 1. The zero-order valence-electron chi connectivity index (χ0n) is 8.75. The molecule has 0 aliphatic carbocycles. The Kier molecular flexibility index (Phi) is 4.09. The van der Waals surface area contributed by atoms with Crippen LogP contribution in [0.5, 0.6) is 0 Å². The van der Waals surface area contributed by atoms with E-state index in [-0.39, 0.29) is 7.43 Å². The average Bonchev–Trinajstić information content (AvgIpc) is 2.70. The van der Waals surface area contributed by atoms with Gasteiger partial charge in [-0.25, -0.2) is 4.79 Å². The summed E-state index contributed by atoms with van der Waals surface area (Å²) in [5, 5.41) is 11.1. The van der Waals surface area contributed by atoms with E-state index < -0.39 is 12.1 Å². The summed E-state index contributed by atoms with van der Waals surface area (Å²) in [5.74, 6) is 0. The summed E-state index contributed by atoms with van der Waals surface area (Å²) in [6.45, 7) is 1.73. The molecule has 0 radical (unpaired) electrons. The summed E-state index contributed by atoms with van der Waals surface area (Å²) in [4.78, 5) is 11.7. The van der Waals surface area contributed by atoms with E-state index in [1.54, 1.807) is 18.3 Å². The molecule has 17 heavy (non-hydrogen) atoms. The number of fused-ring (bicyclic) bond motifs is 1. The van der Waals surface area contributed by atoms with Crippen molar-refractivity contribution in [3.8, 4) is 0 Å². The summed E-state index contributed by atoms with van der Waals surface area (Å²) in [6, 6.07) is 8.60. The van der Waals surface area contributed by atoms with E-state index in [9.17, 15) is 10.0 Å². The topological polar surface area (TPSA) is 66.6 Å². The minimum atomic E-state index is -0.843. The third kappa shape index (κ3) is 2.57. The third-order valence-corrected chi connectivity index (χ3v) is 3.74. The number of hydrogen-bond acceptors (Lipinski definition) is 3. The number of rotatable bonds is 2. The second kappa shape index (κ2) is 5.16. The van der Waals surface area contributed by atoms with E-state index in [1.165, 1.54) is 0 Å². The van der Waals surface area contributed by atoms with Gasteiger partial charge in [0.1, 0.15) is 0 Å². The second-order valence-corrected chi connectivity index (χ2v) is 4.66. The summed E-state index contributed by atoms with van der Waals surface area (Å²) in [5.41, 5.74) is 5.01. The van der Waals surface area contributed by atoms with Gasteiger partial charge in [0, 0.05) is 9.58 Å². The minimum absolute atomic E-state index is 0. The Morgan fingerprint density at radius 2 is 2.12 bits per heavy atom. The summed E-state index contributed by atoms with van der Waals surface area (Å²) in [6.07, 6.45) is 0. The Hall–Kier alpha value is -1.59. The van der Waals surface area contributed by atoms with Crippen molar-refractivity contribution in [1.82, 2.24) is 5.06 Å². The van der Waals surface area contributed by atoms with Crippen molar-refractivity contribution in [2.45, 2.75) is 20.4 Å². The molecule has 0 aliphatic heterocycles. The molecule has 1 aromatic heterocycles. The molecule has 1 heterocycles. The molecule has 2 aromatic rings. The van der Waals surface area contributed by atoms with E-state index in [4.69, 9.17) is 5.73 Å². The highest BCUT2D eigenvalue weighted by atomic mass is 32.1. The van der Waals surface area contributed by atoms with Crippen LogP contribution in [0.1, 0.15) is 25.3 Å². The molecule has 1 atom stereocenters. The lowest BCUT2D eigenvalue weighted by molar-refractivity contribution is -0.0700. The molecule has 3 N–H and O–H groups in total. The number of carbonyl (C=O) groups is 1. The van der Waals surface area contributed by atoms with Gasteiger partial charge >= 0.3 is 6.03 Å². The molecular weight excluding hydrogens is 236 g/mol. The maximum absolute atomic E-state index is 10.8. The molecule has 1 aromatic carbocycles. The van der Waals surface area contributed by atoms with E-state index in [0.717, 1.165) is 15.0 Å². The van der Waals surface area contributed by atoms with Crippen LogP contribution in [-0.4, -0.2) is 16.3 Å². The van der Waals surface area contributed by atoms with Crippen LogP contribution in [0.2, 0.25) is 0 Å². The molecule has 2 amide bonds. The number of carbonyl (C=O) groups excluding carboxylic acids is 1. The van der Waals surface area contributed by atoms with Crippen molar-refractivity contribution in [3.63, 3.8) is 0 Å². The van der Waals surface area contributed by atoms with Crippen LogP contribution in [0.25, 0.3) is 10.1 Å². The number of urea groups is 1. The summed E-state index contributed by atoms with van der Waals surface area (Å²) >= 11 is 1.54. The lowest BCUT2D eigenvalue weighted by Crippen LogP contribution is -2.34. The normalized spacial score (nSPS) is 11.9. The fraction of sp³-hybridized carbons (Fsp3) is 0.250. The minimum Gasteiger partial charge on any atom is -0.350 e. The molecule has 0 saturated carbocycles. The van der Waals surface area contributed by atoms with E-state index >= 15 is 0 Å². The molecular formula is C12H16N2O2S. The predicted molar refractivity (Wildman–Crippen MR) is 70.2 cm³/mol. The lowest BCUT2D eigenvalue weighted by Gasteiger charge is -2.18. The lowest BCUT2D eigenvalue weighted by atomic mass is 10.2. The standard InChI is InChI=1S/C11H12N2O2S.CH4/c1-7(13(15)11(12)14)10-6-8-4-2-3-5-9(8)16-10;/h2-7,15H,1H3,(H2,12,14);1H4. The van der Waals surface area contributed by atoms with E-state index in [1.807, 2.05) is 30.3 Å². The van der Waals surface area contributed by atoms with Crippen molar-refractivity contribution < 1.29 is 10.0 Å². The van der Waals surface area contributed by atoms with Crippen LogP contribution in [-0.2, 0) is 0 Å². The van der Waals surface area contributed by atoms with Gasteiger partial charge in [0.05, 0.1) is 6.04 Å². The summed E-state index contributed by atoms with van der Waals surface area (Å²) in [7, 11) is 0. The monoisotopic (exact) mass is 252 g/mol. The zero-order chi connectivity index (χ0) is 11.7. The van der Waals surface area contributed by atoms with Gasteiger partial charge in [-0.1, -0.05) is 25.6 Å². The van der Waals surface area contributed by atoms with Gasteiger partial charge in [-0.2, -0.15) is 5.06 Å². The zero-order valence-corrected chi connectivity index (χ0v) is 9.57. The van der Waals surface area contributed by atoms with Crippen LogP contribution in [0.4, 0.5) is 4.79 Å². The van der Waals surface area contributed by atoms with Crippen molar-refractivity contribution in [1.29, 1.82) is 0 Å². The van der Waals surface area contributed by atoms with Crippen LogP contribution < -0.4 is 5.73 Å². The van der Waals surface area contributed by atoms with Gasteiger partial charge in [-0.05, 0) is 24.4 Å². The van der Waals surface area contributed by atoms with Crippen molar-refractivity contribution in [2.75, 3.05) is 0 Å². The third-order valence-electron chi connectivity index (χ3n) is 2.45. The highest BCUT2D eigenvalue weighted by Gasteiger charge is 2.18. The number of nitrogens with two attached hydrogens (primary N) is 1. The largest absolute Gasteiger partial charge is 0.350 e. The molecule has 0 saturated heterocycles. The molecule has 2 rings (SSSR count). The van der Waals surface area contributed by atoms with Crippen LogP contribution >= 0.6 is 11.3 Å². The predicted octanol–water partition coefficient (Wildman–Crippen LogP) is 3.37. The first-order valence-electron chi connectivity index (χ1n) is 4.85. The molecule has 0 spiro atoms. The Morgan fingerprint density at radius 1 is 1.47 bits per heavy atom. The van der Waals surface area contributed by atoms with Crippen LogP contribution in [0.3, 0.4) is 0 Å². The van der Waals surface area contributed by atoms with Crippen molar-refractivity contribution in [2.24, 2.45) is 5.73 Å². The van der Waals surface area contributed by atoms with Gasteiger partial charge in [0.15, 0.2) is 0 Å². The smallest absolute Gasteiger partial charge is 0.339 e. The van der Waals surface area contributed by atoms with Crippen molar-refractivity contribution in [3.05, 3.63) is 35.2 Å². The number of hydroxylamine groups is 2. The fourth-order valence-corrected chi connectivity index (χ4v) is 2.62. The first-order valence-corrected chi connectivity index (χ1v) is 5.67. The number of benzene rings is 1. The number of nitrogens with zero attached hydrogens (tertiary/aromatic N) is 1. The number of amides is 2. The fourth-order valence-electron chi connectivity index (χ4n) is 1.52. The van der Waals surface area contributed by atoms with Crippen LogP contribution in [0, 0.1) is 0 Å². The molecule has 4 nitrogen and oxygen atoms in total. The van der Waals surface area contributed by atoms with Gasteiger partial charge in [-0.15, -0.1) is 11.3 Å². The highest BCUT2D eigenvalue weighted by Crippen LogP contribution is 2.31. The van der Waals surface area contributed by atoms with Gasteiger partial charge in [-0.3, -0.25) is 5.21 Å². The Labute approximate surface area is 104 Å². The molecule has 0 bridgehead atoms. The Balaban J connectivity index is 0.00000144. The van der Waals surface area contributed by atoms with Crippen LogP contribution in [0.15, 0.2) is 30.3 Å². The average molecular weight is 252 g/mol. The first kappa shape index (κ1) is 13.5. The quantitative estimate of drug-likeness (QED) is 0.635. The second-order valence-electron chi connectivity index (χ2n) is 3.55. The Morgan fingerprint density at radius 3 is 2.71 bits per heavy atom. The van der Waals surface area contributed by atoms with Gasteiger partial charge < -0.3 is 5.73 Å². The Bertz CT molecular complexity index is 491. The molecule has 0 fully saturated rings. The van der Waals surface area contributed by atoms with E-state index in [2.05, 4.69) is 0 Å². The van der Waals surface area contributed by atoms with Gasteiger partial charge in [0.25, 0.3) is 0 Å².